The fraction of sp³-hybridized carbons (Fsp3) is 0.800. The van der Waals surface area contributed by atoms with E-state index < -0.39 is 5.60 Å². The van der Waals surface area contributed by atoms with Crippen LogP contribution in [0.15, 0.2) is 0 Å². The molecule has 1 aliphatic heterocycles. The summed E-state index contributed by atoms with van der Waals surface area (Å²) in [7, 11) is 0. The first-order valence-electron chi connectivity index (χ1n) is 5.13. The molecule has 2 amide bonds. The molecule has 1 aliphatic rings. The molecule has 1 heterocycles. The number of aliphatic hydroxyl groups is 1. The first kappa shape index (κ1) is 12.1. The topological polar surface area (TPSA) is 78.4 Å². The number of amides is 2. The Morgan fingerprint density at radius 2 is 2.13 bits per heavy atom. The zero-order valence-electron chi connectivity index (χ0n) is 9.33. The summed E-state index contributed by atoms with van der Waals surface area (Å²) < 4.78 is 0. The van der Waals surface area contributed by atoms with Crippen molar-refractivity contribution in [3.63, 3.8) is 0 Å². The highest BCUT2D eigenvalue weighted by atomic mass is 16.3. The van der Waals surface area contributed by atoms with Gasteiger partial charge in [0.2, 0.25) is 11.8 Å². The van der Waals surface area contributed by atoms with Crippen LogP contribution in [-0.2, 0) is 9.59 Å². The van der Waals surface area contributed by atoms with Gasteiger partial charge in [-0.2, -0.15) is 0 Å². The van der Waals surface area contributed by atoms with Gasteiger partial charge in [-0.3, -0.25) is 14.9 Å². The number of piperidine rings is 1. The Bertz CT molecular complexity index is 270. The van der Waals surface area contributed by atoms with Crippen LogP contribution >= 0.6 is 0 Å². The Morgan fingerprint density at radius 3 is 2.60 bits per heavy atom. The lowest BCUT2D eigenvalue weighted by Crippen LogP contribution is -2.57. The maximum absolute atomic E-state index is 11.4. The van der Waals surface area contributed by atoms with E-state index in [-0.39, 0.29) is 23.9 Å². The number of carbonyl (C=O) groups is 2. The molecule has 1 rings (SSSR count). The summed E-state index contributed by atoms with van der Waals surface area (Å²) in [5.41, 5.74) is -0.887. The van der Waals surface area contributed by atoms with Crippen LogP contribution in [-0.4, -0.2) is 34.6 Å². The number of carbonyl (C=O) groups excluding carboxylic acids is 2. The summed E-state index contributed by atoms with van der Waals surface area (Å²) in [6.45, 7) is 5.16. The molecule has 0 spiro atoms. The van der Waals surface area contributed by atoms with E-state index in [2.05, 4.69) is 10.6 Å². The summed E-state index contributed by atoms with van der Waals surface area (Å²) in [6, 6.07) is -0.592. The molecule has 15 heavy (non-hydrogen) atoms. The van der Waals surface area contributed by atoms with E-state index >= 15 is 0 Å². The minimum atomic E-state index is -0.887. The number of hydrogen-bond acceptors (Lipinski definition) is 4. The highest BCUT2D eigenvalue weighted by Crippen LogP contribution is 2.11. The highest BCUT2D eigenvalue weighted by Gasteiger charge is 2.31. The van der Waals surface area contributed by atoms with Crippen molar-refractivity contribution >= 4 is 11.8 Å². The maximum atomic E-state index is 11.4. The minimum Gasteiger partial charge on any atom is -0.389 e. The first-order valence-corrected chi connectivity index (χ1v) is 5.13. The van der Waals surface area contributed by atoms with Crippen LogP contribution in [0.5, 0.6) is 0 Å². The quantitative estimate of drug-likeness (QED) is 0.555. The number of nitrogens with one attached hydrogen (secondary N) is 2. The molecular formula is C10H18N2O3. The molecule has 1 saturated heterocycles. The SMILES string of the molecule is CC(NC1CCC(=O)NC1=O)C(C)(C)O. The zero-order valence-corrected chi connectivity index (χ0v) is 9.33. The lowest BCUT2D eigenvalue weighted by molar-refractivity contribution is -0.135. The molecule has 0 saturated carbocycles. The fourth-order valence-corrected chi connectivity index (χ4v) is 1.36. The van der Waals surface area contributed by atoms with Crippen LogP contribution in [0.2, 0.25) is 0 Å². The molecule has 0 bridgehead atoms. The Kier molecular flexibility index (Phi) is 3.46. The third-order valence-corrected chi connectivity index (χ3v) is 2.75. The second-order valence-corrected chi connectivity index (χ2v) is 4.55. The molecule has 86 valence electrons. The standard InChI is InChI=1S/C10H18N2O3/c1-6(10(2,3)15)11-7-4-5-8(13)12-9(7)14/h6-7,11,15H,4-5H2,1-3H3,(H,12,13,14). The van der Waals surface area contributed by atoms with Crippen molar-refractivity contribution < 1.29 is 14.7 Å². The molecule has 0 aliphatic carbocycles. The Hall–Kier alpha value is -0.940. The van der Waals surface area contributed by atoms with Crippen LogP contribution in [0.25, 0.3) is 0 Å². The van der Waals surface area contributed by atoms with Crippen molar-refractivity contribution in [1.82, 2.24) is 10.6 Å². The second kappa shape index (κ2) is 4.28. The summed E-state index contributed by atoms with van der Waals surface area (Å²) >= 11 is 0. The molecule has 5 heteroatoms. The molecule has 3 N–H and O–H groups in total. The van der Waals surface area contributed by atoms with Crippen molar-refractivity contribution in [1.29, 1.82) is 0 Å². The van der Waals surface area contributed by atoms with Crippen LogP contribution in [0.1, 0.15) is 33.6 Å². The molecule has 0 aromatic heterocycles. The van der Waals surface area contributed by atoms with Gasteiger partial charge in [0.05, 0.1) is 11.6 Å². The molecule has 1 fully saturated rings. The van der Waals surface area contributed by atoms with Crippen molar-refractivity contribution in [2.45, 2.75) is 51.3 Å². The normalized spacial score (nSPS) is 24.9. The third kappa shape index (κ3) is 3.28. The average molecular weight is 214 g/mol. The summed E-state index contributed by atoms with van der Waals surface area (Å²) in [6.07, 6.45) is 0.840. The van der Waals surface area contributed by atoms with Gasteiger partial charge in [-0.05, 0) is 27.2 Å². The Labute approximate surface area is 89.2 Å². The van der Waals surface area contributed by atoms with Gasteiger partial charge in [-0.15, -0.1) is 0 Å². The van der Waals surface area contributed by atoms with Gasteiger partial charge in [0.25, 0.3) is 0 Å². The van der Waals surface area contributed by atoms with Gasteiger partial charge in [0.1, 0.15) is 0 Å². The van der Waals surface area contributed by atoms with Gasteiger partial charge in [0.15, 0.2) is 0 Å². The number of hydrogen-bond donors (Lipinski definition) is 3. The van der Waals surface area contributed by atoms with E-state index in [1.54, 1.807) is 13.8 Å². The summed E-state index contributed by atoms with van der Waals surface area (Å²) in [5.74, 6) is -0.531. The average Bonchev–Trinajstić information content (AvgIpc) is 2.08. The van der Waals surface area contributed by atoms with E-state index in [0.717, 1.165) is 0 Å². The second-order valence-electron chi connectivity index (χ2n) is 4.55. The summed E-state index contributed by atoms with van der Waals surface area (Å²) in [5, 5.41) is 15.0. The van der Waals surface area contributed by atoms with Crippen LogP contribution in [0.4, 0.5) is 0 Å². The van der Waals surface area contributed by atoms with Gasteiger partial charge in [-0.1, -0.05) is 0 Å². The van der Waals surface area contributed by atoms with Crippen LogP contribution in [0, 0.1) is 0 Å². The van der Waals surface area contributed by atoms with Gasteiger partial charge < -0.3 is 10.4 Å². The predicted molar refractivity (Wildman–Crippen MR) is 55.1 cm³/mol. The molecule has 5 nitrogen and oxygen atoms in total. The van der Waals surface area contributed by atoms with E-state index in [1.165, 1.54) is 0 Å². The molecule has 2 unspecified atom stereocenters. The van der Waals surface area contributed by atoms with Crippen molar-refractivity contribution in [2.75, 3.05) is 0 Å². The molecule has 0 aromatic rings. The molecule has 2 atom stereocenters. The largest absolute Gasteiger partial charge is 0.389 e. The third-order valence-electron chi connectivity index (χ3n) is 2.75. The Balaban J connectivity index is 2.52. The first-order chi connectivity index (χ1) is 6.80. The lowest BCUT2D eigenvalue weighted by atomic mass is 9.97. The van der Waals surface area contributed by atoms with Crippen LogP contribution < -0.4 is 10.6 Å². The number of rotatable bonds is 3. The van der Waals surface area contributed by atoms with Gasteiger partial charge >= 0.3 is 0 Å². The van der Waals surface area contributed by atoms with Crippen LogP contribution in [0.3, 0.4) is 0 Å². The van der Waals surface area contributed by atoms with Crippen molar-refractivity contribution in [2.24, 2.45) is 0 Å². The molecule has 0 radical (unpaired) electrons. The van der Waals surface area contributed by atoms with E-state index in [0.29, 0.717) is 12.8 Å². The maximum Gasteiger partial charge on any atom is 0.243 e. The number of imide groups is 1. The monoisotopic (exact) mass is 214 g/mol. The van der Waals surface area contributed by atoms with Crippen molar-refractivity contribution in [3.05, 3.63) is 0 Å². The van der Waals surface area contributed by atoms with Gasteiger partial charge in [0, 0.05) is 12.5 Å². The molecule has 0 aromatic carbocycles. The minimum absolute atomic E-state index is 0.207. The lowest BCUT2D eigenvalue weighted by Gasteiger charge is -2.31. The molecular weight excluding hydrogens is 196 g/mol. The predicted octanol–water partition coefficient (Wildman–Crippen LogP) is -0.459. The van der Waals surface area contributed by atoms with Crippen molar-refractivity contribution in [3.8, 4) is 0 Å². The Morgan fingerprint density at radius 1 is 1.53 bits per heavy atom. The summed E-state index contributed by atoms with van der Waals surface area (Å²) in [4.78, 5) is 22.3. The fourth-order valence-electron chi connectivity index (χ4n) is 1.36. The van der Waals surface area contributed by atoms with E-state index in [9.17, 15) is 14.7 Å². The smallest absolute Gasteiger partial charge is 0.243 e. The van der Waals surface area contributed by atoms with Gasteiger partial charge in [-0.25, -0.2) is 0 Å². The van der Waals surface area contributed by atoms with E-state index in [4.69, 9.17) is 0 Å². The highest BCUT2D eigenvalue weighted by molar-refractivity contribution is 6.00. The zero-order chi connectivity index (χ0) is 11.6. The van der Waals surface area contributed by atoms with E-state index in [1.807, 2.05) is 6.92 Å².